The quantitative estimate of drug-likeness (QED) is 0.118. The molecule has 0 aromatic heterocycles. The summed E-state index contributed by atoms with van der Waals surface area (Å²) in [7, 11) is 0. The number of fused-ring (bicyclic) bond motifs is 2. The lowest BCUT2D eigenvalue weighted by Crippen LogP contribution is -1.94. The zero-order chi connectivity index (χ0) is 27.5. The summed E-state index contributed by atoms with van der Waals surface area (Å²) in [4.78, 5) is 0. The maximum Gasteiger partial charge on any atom is 0.0130 e. The van der Waals surface area contributed by atoms with Crippen molar-refractivity contribution < 1.29 is 0 Å². The Balaban J connectivity index is 1.49. The van der Waals surface area contributed by atoms with Gasteiger partial charge in [0.15, 0.2) is 0 Å². The van der Waals surface area contributed by atoms with E-state index in [0.29, 0.717) is 0 Å². The molecule has 0 bridgehead atoms. The average molecular weight is 738 g/mol. The molecule has 2 heteroatoms. The van der Waals surface area contributed by atoms with Crippen molar-refractivity contribution in [2.24, 2.45) is 0 Å². The van der Waals surface area contributed by atoms with E-state index in [4.69, 9.17) is 0 Å². The fourth-order valence-corrected chi connectivity index (χ4v) is 6.12. The largest absolute Gasteiger partial charge is 0.0616 e. The molecular formula is C38H28I2. The van der Waals surface area contributed by atoms with Crippen molar-refractivity contribution >= 4 is 91.0 Å². The third kappa shape index (κ3) is 5.65. The molecule has 0 atom stereocenters. The van der Waals surface area contributed by atoms with Crippen LogP contribution in [-0.2, 0) is 6.42 Å². The van der Waals surface area contributed by atoms with Crippen LogP contribution in [0.25, 0.3) is 57.0 Å². The van der Waals surface area contributed by atoms with Gasteiger partial charge in [0, 0.05) is 7.14 Å². The summed E-state index contributed by atoms with van der Waals surface area (Å²) >= 11 is 4.70. The molecule has 40 heavy (non-hydrogen) atoms. The van der Waals surface area contributed by atoms with Crippen LogP contribution in [0, 0.1) is 7.14 Å². The minimum absolute atomic E-state index is 0.966. The lowest BCUT2D eigenvalue weighted by Gasteiger charge is -2.18. The van der Waals surface area contributed by atoms with Crippen molar-refractivity contribution in [3.05, 3.63) is 150 Å². The van der Waals surface area contributed by atoms with Crippen LogP contribution in [0.4, 0.5) is 0 Å². The molecule has 0 aliphatic rings. The molecule has 0 unspecified atom stereocenters. The summed E-state index contributed by atoms with van der Waals surface area (Å²) < 4.78 is 2.50. The first-order chi connectivity index (χ1) is 19.6. The molecule has 0 fully saturated rings. The van der Waals surface area contributed by atoms with Crippen LogP contribution in [0.15, 0.2) is 115 Å². The minimum atomic E-state index is 0.966. The Labute approximate surface area is 263 Å². The third-order valence-corrected chi connectivity index (χ3v) is 8.86. The number of rotatable bonds is 6. The average Bonchev–Trinajstić information content (AvgIpc) is 3.00. The Morgan fingerprint density at radius 3 is 1.57 bits per heavy atom. The minimum Gasteiger partial charge on any atom is -0.0616 e. The lowest BCUT2D eigenvalue weighted by atomic mass is 9.86. The Morgan fingerprint density at radius 1 is 0.500 bits per heavy atom. The monoisotopic (exact) mass is 738 g/mol. The van der Waals surface area contributed by atoms with Gasteiger partial charge in [0.1, 0.15) is 0 Å². The molecule has 0 aliphatic carbocycles. The molecule has 0 heterocycles. The first-order valence-electron chi connectivity index (χ1n) is 13.5. The van der Waals surface area contributed by atoms with Gasteiger partial charge in [-0.3, -0.25) is 0 Å². The van der Waals surface area contributed by atoms with Gasteiger partial charge in [-0.25, -0.2) is 0 Å². The van der Waals surface area contributed by atoms with Crippen LogP contribution >= 0.6 is 45.2 Å². The van der Waals surface area contributed by atoms with Gasteiger partial charge >= 0.3 is 0 Å². The SMILES string of the molecule is CCc1cc(/C=C/c2ccc(I)cc2)c2ccccc2c1-c1ccc(/C=C/c2ccc(I)cc2)c2ccccc12. The van der Waals surface area contributed by atoms with Gasteiger partial charge in [0.25, 0.3) is 0 Å². The molecule has 0 radical (unpaired) electrons. The van der Waals surface area contributed by atoms with Gasteiger partial charge in [-0.15, -0.1) is 0 Å². The number of aryl methyl sites for hydroxylation is 1. The zero-order valence-corrected chi connectivity index (χ0v) is 26.6. The molecule has 6 rings (SSSR count). The molecule has 0 saturated carbocycles. The number of benzene rings is 6. The molecule has 0 nitrogen and oxygen atoms in total. The second kappa shape index (κ2) is 12.1. The molecule has 0 N–H and O–H groups in total. The topological polar surface area (TPSA) is 0 Å². The Bertz CT molecular complexity index is 1870. The second-order valence-electron chi connectivity index (χ2n) is 9.92. The van der Waals surface area contributed by atoms with E-state index in [9.17, 15) is 0 Å². The van der Waals surface area contributed by atoms with Crippen molar-refractivity contribution in [2.45, 2.75) is 13.3 Å². The van der Waals surface area contributed by atoms with E-state index in [1.165, 1.54) is 67.6 Å². The van der Waals surface area contributed by atoms with E-state index >= 15 is 0 Å². The van der Waals surface area contributed by atoms with E-state index in [1.807, 2.05) is 0 Å². The van der Waals surface area contributed by atoms with Crippen LogP contribution in [-0.4, -0.2) is 0 Å². The van der Waals surface area contributed by atoms with Crippen molar-refractivity contribution in [3.8, 4) is 11.1 Å². The first kappa shape index (κ1) is 27.0. The highest BCUT2D eigenvalue weighted by Crippen LogP contribution is 2.40. The van der Waals surface area contributed by atoms with Gasteiger partial charge in [0.2, 0.25) is 0 Å². The predicted molar refractivity (Wildman–Crippen MR) is 192 cm³/mol. The standard InChI is InChI=1S/C38H28I2/c1-2-28-25-30(18-12-27-15-22-32(40)23-16-27)34-8-4-6-10-36(34)38(28)37-24-19-29(33-7-3-5-9-35(33)37)17-11-26-13-20-31(39)21-14-26/h3-25H,2H2,1H3/b17-11+,18-12+. The van der Waals surface area contributed by atoms with Crippen LogP contribution in [0.1, 0.15) is 34.7 Å². The van der Waals surface area contributed by atoms with Gasteiger partial charge in [-0.05, 0) is 136 Å². The summed E-state index contributed by atoms with van der Waals surface area (Å²) in [5, 5.41) is 5.14. The highest BCUT2D eigenvalue weighted by atomic mass is 127. The summed E-state index contributed by atoms with van der Waals surface area (Å²) in [6.07, 6.45) is 9.91. The maximum atomic E-state index is 2.39. The van der Waals surface area contributed by atoms with E-state index in [2.05, 4.69) is 192 Å². The number of halogens is 2. The summed E-state index contributed by atoms with van der Waals surface area (Å²) in [6.45, 7) is 2.26. The molecule has 0 amide bonds. The van der Waals surface area contributed by atoms with Gasteiger partial charge in [-0.1, -0.05) is 122 Å². The summed E-state index contributed by atoms with van der Waals surface area (Å²) in [5.74, 6) is 0. The van der Waals surface area contributed by atoms with Crippen LogP contribution < -0.4 is 0 Å². The number of hydrogen-bond acceptors (Lipinski definition) is 0. The zero-order valence-electron chi connectivity index (χ0n) is 22.2. The molecule has 194 valence electrons. The van der Waals surface area contributed by atoms with Crippen molar-refractivity contribution in [1.82, 2.24) is 0 Å². The molecular weight excluding hydrogens is 710 g/mol. The predicted octanol–water partition coefficient (Wildman–Crippen LogP) is 11.8. The van der Waals surface area contributed by atoms with Gasteiger partial charge < -0.3 is 0 Å². The lowest BCUT2D eigenvalue weighted by molar-refractivity contribution is 1.15. The van der Waals surface area contributed by atoms with Crippen molar-refractivity contribution in [3.63, 3.8) is 0 Å². The first-order valence-corrected chi connectivity index (χ1v) is 15.7. The maximum absolute atomic E-state index is 2.39. The molecule has 6 aromatic carbocycles. The molecule has 0 aliphatic heterocycles. The number of hydrogen-bond donors (Lipinski definition) is 0. The second-order valence-corrected chi connectivity index (χ2v) is 12.4. The molecule has 0 saturated heterocycles. The van der Waals surface area contributed by atoms with Crippen LogP contribution in [0.5, 0.6) is 0 Å². The summed E-state index contributed by atoms with van der Waals surface area (Å²) in [5.41, 5.74) is 8.92. The molecule has 0 spiro atoms. The third-order valence-electron chi connectivity index (χ3n) is 7.42. The Morgan fingerprint density at radius 2 is 1.00 bits per heavy atom. The Hall–Kier alpha value is -3.22. The fraction of sp³-hybridized carbons (Fsp3) is 0.0526. The smallest absolute Gasteiger partial charge is 0.0130 e. The van der Waals surface area contributed by atoms with Gasteiger partial charge in [0.05, 0.1) is 0 Å². The normalized spacial score (nSPS) is 11.8. The molecule has 6 aromatic rings. The van der Waals surface area contributed by atoms with Gasteiger partial charge in [-0.2, -0.15) is 0 Å². The fourth-order valence-electron chi connectivity index (χ4n) is 5.40. The van der Waals surface area contributed by atoms with E-state index in [1.54, 1.807) is 0 Å². The van der Waals surface area contributed by atoms with Crippen LogP contribution in [0.2, 0.25) is 0 Å². The van der Waals surface area contributed by atoms with Crippen LogP contribution in [0.3, 0.4) is 0 Å². The highest BCUT2D eigenvalue weighted by molar-refractivity contribution is 14.1. The highest BCUT2D eigenvalue weighted by Gasteiger charge is 2.15. The van der Waals surface area contributed by atoms with E-state index < -0.39 is 0 Å². The summed E-state index contributed by atoms with van der Waals surface area (Å²) in [6, 6.07) is 42.0. The van der Waals surface area contributed by atoms with Crippen molar-refractivity contribution in [1.29, 1.82) is 0 Å². The van der Waals surface area contributed by atoms with E-state index in [-0.39, 0.29) is 0 Å². The Kier molecular flexibility index (Phi) is 8.17. The van der Waals surface area contributed by atoms with E-state index in [0.717, 1.165) is 6.42 Å². The van der Waals surface area contributed by atoms with Crippen molar-refractivity contribution in [2.75, 3.05) is 0 Å².